The molecule has 0 fully saturated rings. The molecule has 5 nitrogen and oxygen atoms in total. The number of rotatable bonds is 4. The average molecular weight is 347 g/mol. The van der Waals surface area contributed by atoms with E-state index >= 15 is 0 Å². The van der Waals surface area contributed by atoms with Crippen molar-refractivity contribution >= 4 is 5.91 Å². The Kier molecular flexibility index (Phi) is 4.44. The molecule has 132 valence electrons. The number of fused-ring (bicyclic) bond motifs is 1. The Balaban J connectivity index is 1.58. The standard InChI is InChI=1S/C21H21N3O2/c1-26-18-8-4-6-16(12-18)13-21(25)23-14-17-7-2-3-9-19(17)20(15-23)24-11-5-10-22-24/h2-12,20H,13-15H2,1H3/t20-/m1/s1. The lowest BCUT2D eigenvalue weighted by molar-refractivity contribution is -0.131. The molecule has 0 spiro atoms. The van der Waals surface area contributed by atoms with Crippen molar-refractivity contribution in [2.75, 3.05) is 13.7 Å². The highest BCUT2D eigenvalue weighted by molar-refractivity contribution is 5.79. The topological polar surface area (TPSA) is 47.4 Å². The van der Waals surface area contributed by atoms with E-state index in [0.29, 0.717) is 19.5 Å². The van der Waals surface area contributed by atoms with Gasteiger partial charge in [0.05, 0.1) is 19.6 Å². The normalized spacial score (nSPS) is 16.2. The Morgan fingerprint density at radius 3 is 2.88 bits per heavy atom. The summed E-state index contributed by atoms with van der Waals surface area (Å²) in [6.07, 6.45) is 4.10. The number of carbonyl (C=O) groups is 1. The summed E-state index contributed by atoms with van der Waals surface area (Å²) in [5.74, 6) is 0.888. The first kappa shape index (κ1) is 16.4. The van der Waals surface area contributed by atoms with E-state index in [0.717, 1.165) is 11.3 Å². The van der Waals surface area contributed by atoms with Crippen LogP contribution in [0.3, 0.4) is 0 Å². The Morgan fingerprint density at radius 2 is 2.08 bits per heavy atom. The largest absolute Gasteiger partial charge is 0.497 e. The molecule has 0 aliphatic carbocycles. The maximum absolute atomic E-state index is 12.9. The second kappa shape index (κ2) is 7.04. The summed E-state index contributed by atoms with van der Waals surface area (Å²) in [6.45, 7) is 1.26. The van der Waals surface area contributed by atoms with Gasteiger partial charge in [-0.05, 0) is 34.9 Å². The Hall–Kier alpha value is -3.08. The minimum absolute atomic E-state index is 0.0456. The smallest absolute Gasteiger partial charge is 0.227 e. The number of hydrogen-bond donors (Lipinski definition) is 0. The van der Waals surface area contributed by atoms with Crippen molar-refractivity contribution in [1.29, 1.82) is 0 Å². The molecule has 0 saturated heterocycles. The molecule has 1 aliphatic heterocycles. The van der Waals surface area contributed by atoms with Crippen LogP contribution in [0.25, 0.3) is 0 Å². The summed E-state index contributed by atoms with van der Waals surface area (Å²) >= 11 is 0. The third-order valence-electron chi connectivity index (χ3n) is 4.86. The fraction of sp³-hybridized carbons (Fsp3) is 0.238. The van der Waals surface area contributed by atoms with Gasteiger partial charge < -0.3 is 9.64 Å². The van der Waals surface area contributed by atoms with Crippen LogP contribution in [0.2, 0.25) is 0 Å². The SMILES string of the molecule is COc1cccc(CC(=O)N2Cc3ccccc3[C@H](n3cccn3)C2)c1. The van der Waals surface area contributed by atoms with Gasteiger partial charge in [0.25, 0.3) is 0 Å². The highest BCUT2D eigenvalue weighted by Gasteiger charge is 2.29. The molecule has 1 aromatic heterocycles. The second-order valence-electron chi connectivity index (χ2n) is 6.50. The van der Waals surface area contributed by atoms with Gasteiger partial charge >= 0.3 is 0 Å². The van der Waals surface area contributed by atoms with E-state index in [4.69, 9.17) is 4.74 Å². The van der Waals surface area contributed by atoms with Gasteiger partial charge in [-0.15, -0.1) is 0 Å². The molecule has 1 amide bonds. The number of aromatic nitrogens is 2. The molecule has 1 atom stereocenters. The first-order valence-electron chi connectivity index (χ1n) is 8.72. The molecule has 0 bridgehead atoms. The van der Waals surface area contributed by atoms with E-state index < -0.39 is 0 Å². The lowest BCUT2D eigenvalue weighted by Gasteiger charge is -2.35. The maximum Gasteiger partial charge on any atom is 0.227 e. The van der Waals surface area contributed by atoms with Crippen LogP contribution in [0.15, 0.2) is 67.0 Å². The average Bonchev–Trinajstić information content (AvgIpc) is 3.22. The number of amides is 1. The molecular weight excluding hydrogens is 326 g/mol. The first-order valence-corrected chi connectivity index (χ1v) is 8.72. The Labute approximate surface area is 152 Å². The number of benzene rings is 2. The van der Waals surface area contributed by atoms with E-state index in [2.05, 4.69) is 17.2 Å². The molecule has 0 N–H and O–H groups in total. The van der Waals surface area contributed by atoms with Crippen molar-refractivity contribution < 1.29 is 9.53 Å². The van der Waals surface area contributed by atoms with E-state index in [1.165, 1.54) is 11.1 Å². The third-order valence-corrected chi connectivity index (χ3v) is 4.86. The zero-order valence-corrected chi connectivity index (χ0v) is 14.7. The van der Waals surface area contributed by atoms with Crippen molar-refractivity contribution in [2.45, 2.75) is 19.0 Å². The molecule has 3 aromatic rings. The van der Waals surface area contributed by atoms with Crippen molar-refractivity contribution in [3.05, 3.63) is 83.7 Å². The van der Waals surface area contributed by atoms with Crippen LogP contribution in [0, 0.1) is 0 Å². The predicted molar refractivity (Wildman–Crippen MR) is 98.9 cm³/mol. The van der Waals surface area contributed by atoms with Gasteiger partial charge in [0.2, 0.25) is 5.91 Å². The fourth-order valence-corrected chi connectivity index (χ4v) is 3.53. The molecule has 5 heteroatoms. The van der Waals surface area contributed by atoms with Gasteiger partial charge in [-0.3, -0.25) is 9.48 Å². The van der Waals surface area contributed by atoms with Crippen molar-refractivity contribution in [2.24, 2.45) is 0 Å². The maximum atomic E-state index is 12.9. The lowest BCUT2D eigenvalue weighted by Crippen LogP contribution is -2.41. The van der Waals surface area contributed by atoms with Gasteiger partial charge in [0.15, 0.2) is 0 Å². The van der Waals surface area contributed by atoms with Crippen LogP contribution in [0.1, 0.15) is 22.7 Å². The van der Waals surface area contributed by atoms with Crippen molar-refractivity contribution in [3.63, 3.8) is 0 Å². The molecule has 2 aromatic carbocycles. The highest BCUT2D eigenvalue weighted by Crippen LogP contribution is 2.29. The Morgan fingerprint density at radius 1 is 1.19 bits per heavy atom. The molecule has 0 unspecified atom stereocenters. The number of carbonyl (C=O) groups excluding carboxylic acids is 1. The molecule has 26 heavy (non-hydrogen) atoms. The van der Waals surface area contributed by atoms with Crippen LogP contribution in [0.5, 0.6) is 5.75 Å². The minimum atomic E-state index is 0.0456. The van der Waals surface area contributed by atoms with Crippen LogP contribution >= 0.6 is 0 Å². The molecule has 4 rings (SSSR count). The summed E-state index contributed by atoms with van der Waals surface area (Å²) in [6, 6.07) is 17.9. The summed E-state index contributed by atoms with van der Waals surface area (Å²) in [4.78, 5) is 14.9. The molecule has 0 radical (unpaired) electrons. The summed E-state index contributed by atoms with van der Waals surface area (Å²) in [7, 11) is 1.64. The zero-order chi connectivity index (χ0) is 17.9. The minimum Gasteiger partial charge on any atom is -0.497 e. The fourth-order valence-electron chi connectivity index (χ4n) is 3.53. The monoisotopic (exact) mass is 347 g/mol. The van der Waals surface area contributed by atoms with Crippen LogP contribution in [-0.2, 0) is 17.8 Å². The van der Waals surface area contributed by atoms with Crippen molar-refractivity contribution in [1.82, 2.24) is 14.7 Å². The molecular formula is C21H21N3O2. The van der Waals surface area contributed by atoms with E-state index in [9.17, 15) is 4.79 Å². The zero-order valence-electron chi connectivity index (χ0n) is 14.7. The lowest BCUT2D eigenvalue weighted by atomic mass is 9.95. The summed E-state index contributed by atoms with van der Waals surface area (Å²) in [5, 5.41) is 4.40. The molecule has 0 saturated carbocycles. The number of ether oxygens (including phenoxy) is 1. The Bertz CT molecular complexity index is 905. The number of hydrogen-bond acceptors (Lipinski definition) is 3. The van der Waals surface area contributed by atoms with E-state index in [1.807, 2.05) is 58.2 Å². The number of methoxy groups -OCH3 is 1. The highest BCUT2D eigenvalue weighted by atomic mass is 16.5. The van der Waals surface area contributed by atoms with Gasteiger partial charge in [-0.1, -0.05) is 36.4 Å². The van der Waals surface area contributed by atoms with E-state index in [-0.39, 0.29) is 11.9 Å². The third kappa shape index (κ3) is 3.20. The summed E-state index contributed by atoms with van der Waals surface area (Å²) < 4.78 is 7.19. The second-order valence-corrected chi connectivity index (χ2v) is 6.50. The predicted octanol–water partition coefficient (Wildman–Crippen LogP) is 3.07. The van der Waals surface area contributed by atoms with Gasteiger partial charge in [-0.25, -0.2) is 0 Å². The quantitative estimate of drug-likeness (QED) is 0.729. The van der Waals surface area contributed by atoms with Crippen LogP contribution in [0.4, 0.5) is 0 Å². The van der Waals surface area contributed by atoms with Gasteiger partial charge in [0.1, 0.15) is 5.75 Å². The van der Waals surface area contributed by atoms with E-state index in [1.54, 1.807) is 13.3 Å². The first-order chi connectivity index (χ1) is 12.7. The van der Waals surface area contributed by atoms with Crippen LogP contribution < -0.4 is 4.74 Å². The summed E-state index contributed by atoms with van der Waals surface area (Å²) in [5.41, 5.74) is 3.38. The van der Waals surface area contributed by atoms with Crippen molar-refractivity contribution in [3.8, 4) is 5.75 Å². The van der Waals surface area contributed by atoms with Gasteiger partial charge in [0, 0.05) is 25.5 Å². The molecule has 1 aliphatic rings. The molecule has 2 heterocycles. The van der Waals surface area contributed by atoms with Crippen LogP contribution in [-0.4, -0.2) is 34.2 Å². The van der Waals surface area contributed by atoms with Gasteiger partial charge in [-0.2, -0.15) is 5.10 Å². The number of nitrogens with zero attached hydrogens (tertiary/aromatic N) is 3.